The van der Waals surface area contributed by atoms with Gasteiger partial charge in [-0.3, -0.25) is 4.79 Å². The van der Waals surface area contributed by atoms with E-state index in [1.807, 2.05) is 26.0 Å². The van der Waals surface area contributed by atoms with Crippen LogP contribution in [-0.2, 0) is 4.79 Å². The zero-order valence-electron chi connectivity index (χ0n) is 10.9. The van der Waals surface area contributed by atoms with Gasteiger partial charge in [-0.05, 0) is 37.6 Å². The van der Waals surface area contributed by atoms with E-state index in [1.54, 1.807) is 12.1 Å². The molecule has 20 heavy (non-hydrogen) atoms. The summed E-state index contributed by atoms with van der Waals surface area (Å²) in [7, 11) is 0. The lowest BCUT2D eigenvalue weighted by Gasteiger charge is -1.91. The van der Waals surface area contributed by atoms with Crippen molar-refractivity contribution in [3.8, 4) is 11.5 Å². The average Bonchev–Trinajstić information content (AvgIpc) is 3.04. The summed E-state index contributed by atoms with van der Waals surface area (Å²) in [5.74, 6) is 2.59. The van der Waals surface area contributed by atoms with E-state index in [9.17, 15) is 4.79 Å². The molecule has 0 bridgehead atoms. The van der Waals surface area contributed by atoms with Crippen LogP contribution in [0.25, 0.3) is 17.6 Å². The van der Waals surface area contributed by atoms with E-state index in [2.05, 4.69) is 5.32 Å². The normalized spacial score (nSPS) is 17.0. The molecular formula is C14H11NO3S2. The summed E-state index contributed by atoms with van der Waals surface area (Å²) in [6, 6.07) is 5.54. The first-order valence-electron chi connectivity index (χ1n) is 5.95. The molecule has 3 heterocycles. The lowest BCUT2D eigenvalue weighted by Crippen LogP contribution is -2.17. The van der Waals surface area contributed by atoms with Crippen molar-refractivity contribution in [1.29, 1.82) is 0 Å². The van der Waals surface area contributed by atoms with Crippen molar-refractivity contribution in [3.63, 3.8) is 0 Å². The van der Waals surface area contributed by atoms with Gasteiger partial charge in [0.05, 0.1) is 4.91 Å². The van der Waals surface area contributed by atoms with Crippen LogP contribution in [0.4, 0.5) is 0 Å². The fourth-order valence-corrected chi connectivity index (χ4v) is 2.83. The van der Waals surface area contributed by atoms with E-state index < -0.39 is 0 Å². The fraction of sp³-hybridized carbons (Fsp3) is 0.143. The summed E-state index contributed by atoms with van der Waals surface area (Å²) in [4.78, 5) is 12.1. The summed E-state index contributed by atoms with van der Waals surface area (Å²) in [6.07, 6.45) is 1.67. The molecule has 1 amide bonds. The van der Waals surface area contributed by atoms with Gasteiger partial charge in [0.2, 0.25) is 0 Å². The maximum Gasteiger partial charge on any atom is 0.263 e. The number of furan rings is 2. The SMILES string of the molecule is Cc1cc(-c2ccc(/C=C3\SC(=S)NC3=O)o2)oc1C. The topological polar surface area (TPSA) is 55.4 Å². The molecule has 6 heteroatoms. The second kappa shape index (κ2) is 4.96. The number of carbonyl (C=O) groups excluding carboxylic acids is 1. The van der Waals surface area contributed by atoms with Crippen LogP contribution in [0.2, 0.25) is 0 Å². The number of carbonyl (C=O) groups is 1. The molecule has 1 N–H and O–H groups in total. The first kappa shape index (κ1) is 13.2. The smallest absolute Gasteiger partial charge is 0.263 e. The molecule has 3 rings (SSSR count). The molecular weight excluding hydrogens is 294 g/mol. The minimum atomic E-state index is -0.192. The highest BCUT2D eigenvalue weighted by atomic mass is 32.2. The summed E-state index contributed by atoms with van der Waals surface area (Å²) in [5, 5.41) is 2.56. The largest absolute Gasteiger partial charge is 0.458 e. The molecule has 1 fully saturated rings. The van der Waals surface area contributed by atoms with Gasteiger partial charge in [-0.1, -0.05) is 24.0 Å². The minimum absolute atomic E-state index is 0.192. The number of nitrogens with one attached hydrogen (secondary N) is 1. The third-order valence-electron chi connectivity index (χ3n) is 2.95. The second-order valence-corrected chi connectivity index (χ2v) is 6.12. The standard InChI is InChI=1S/C14H11NO3S2/c1-7-5-11(17-8(7)2)10-4-3-9(18-10)6-12-13(16)15-14(19)20-12/h3-6H,1-2H3,(H,15,16,19)/b12-6-. The number of aryl methyl sites for hydroxylation is 2. The van der Waals surface area contributed by atoms with Gasteiger partial charge in [0.15, 0.2) is 11.5 Å². The van der Waals surface area contributed by atoms with Gasteiger partial charge < -0.3 is 14.2 Å². The molecule has 1 aliphatic rings. The molecule has 0 radical (unpaired) electrons. The Balaban J connectivity index is 1.89. The van der Waals surface area contributed by atoms with Gasteiger partial charge in [0, 0.05) is 6.08 Å². The molecule has 0 aliphatic carbocycles. The van der Waals surface area contributed by atoms with Gasteiger partial charge in [0.1, 0.15) is 15.8 Å². The molecule has 4 nitrogen and oxygen atoms in total. The fourth-order valence-electron chi connectivity index (χ4n) is 1.81. The van der Waals surface area contributed by atoms with Crippen LogP contribution in [0.3, 0.4) is 0 Å². The summed E-state index contributed by atoms with van der Waals surface area (Å²) >= 11 is 6.16. The maximum absolute atomic E-state index is 11.6. The molecule has 2 aromatic heterocycles. The van der Waals surface area contributed by atoms with Gasteiger partial charge in [-0.2, -0.15) is 0 Å². The Bertz CT molecular complexity index is 720. The third kappa shape index (κ3) is 2.44. The summed E-state index contributed by atoms with van der Waals surface area (Å²) in [5.41, 5.74) is 1.08. The van der Waals surface area contributed by atoms with E-state index in [0.717, 1.165) is 11.3 Å². The zero-order chi connectivity index (χ0) is 14.3. The number of amides is 1. The zero-order valence-corrected chi connectivity index (χ0v) is 12.5. The van der Waals surface area contributed by atoms with Crippen molar-refractivity contribution in [2.45, 2.75) is 13.8 Å². The number of hydrogen-bond donors (Lipinski definition) is 1. The number of rotatable bonds is 2. The van der Waals surface area contributed by atoms with Crippen LogP contribution in [0, 0.1) is 13.8 Å². The molecule has 102 valence electrons. The molecule has 1 saturated heterocycles. The first-order chi connectivity index (χ1) is 9.52. The van der Waals surface area contributed by atoms with Crippen LogP contribution in [0.5, 0.6) is 0 Å². The Hall–Kier alpha value is -1.79. The van der Waals surface area contributed by atoms with E-state index in [1.165, 1.54) is 11.8 Å². The molecule has 1 aliphatic heterocycles. The molecule has 0 aromatic carbocycles. The number of thioether (sulfide) groups is 1. The maximum atomic E-state index is 11.6. The van der Waals surface area contributed by atoms with Gasteiger partial charge in [-0.15, -0.1) is 0 Å². The van der Waals surface area contributed by atoms with E-state index >= 15 is 0 Å². The average molecular weight is 305 g/mol. The Morgan fingerprint density at radius 3 is 2.65 bits per heavy atom. The molecule has 0 unspecified atom stereocenters. The second-order valence-electron chi connectivity index (χ2n) is 4.40. The van der Waals surface area contributed by atoms with Crippen LogP contribution < -0.4 is 5.32 Å². The van der Waals surface area contributed by atoms with Crippen molar-refractivity contribution in [1.82, 2.24) is 5.32 Å². The molecule has 2 aromatic rings. The minimum Gasteiger partial charge on any atom is -0.458 e. The predicted octanol–water partition coefficient (Wildman–Crippen LogP) is 3.65. The Kier molecular flexibility index (Phi) is 3.27. The van der Waals surface area contributed by atoms with Crippen LogP contribution in [0.1, 0.15) is 17.1 Å². The lowest BCUT2D eigenvalue weighted by atomic mass is 10.2. The highest BCUT2D eigenvalue weighted by molar-refractivity contribution is 8.26. The lowest BCUT2D eigenvalue weighted by molar-refractivity contribution is -0.115. The predicted molar refractivity (Wildman–Crippen MR) is 82.2 cm³/mol. The van der Waals surface area contributed by atoms with Crippen LogP contribution >= 0.6 is 24.0 Å². The van der Waals surface area contributed by atoms with Crippen LogP contribution in [-0.4, -0.2) is 10.2 Å². The monoisotopic (exact) mass is 305 g/mol. The van der Waals surface area contributed by atoms with Crippen molar-refractivity contribution in [2.24, 2.45) is 0 Å². The summed E-state index contributed by atoms with van der Waals surface area (Å²) in [6.45, 7) is 3.89. The Morgan fingerprint density at radius 1 is 1.25 bits per heavy atom. The number of thiocarbonyl (C=S) groups is 1. The van der Waals surface area contributed by atoms with Crippen molar-refractivity contribution in [3.05, 3.63) is 40.2 Å². The highest BCUT2D eigenvalue weighted by Crippen LogP contribution is 2.30. The van der Waals surface area contributed by atoms with Crippen molar-refractivity contribution in [2.75, 3.05) is 0 Å². The Labute approximate surface area is 125 Å². The molecule has 0 atom stereocenters. The van der Waals surface area contributed by atoms with Crippen molar-refractivity contribution >= 4 is 40.3 Å². The summed E-state index contributed by atoms with van der Waals surface area (Å²) < 4.78 is 11.7. The first-order valence-corrected chi connectivity index (χ1v) is 7.17. The van der Waals surface area contributed by atoms with Crippen molar-refractivity contribution < 1.29 is 13.6 Å². The third-order valence-corrected chi connectivity index (χ3v) is 4.11. The van der Waals surface area contributed by atoms with Gasteiger partial charge >= 0.3 is 0 Å². The van der Waals surface area contributed by atoms with Gasteiger partial charge in [-0.25, -0.2) is 0 Å². The molecule has 0 spiro atoms. The van der Waals surface area contributed by atoms with Gasteiger partial charge in [0.25, 0.3) is 5.91 Å². The van der Waals surface area contributed by atoms with E-state index in [-0.39, 0.29) is 5.91 Å². The van der Waals surface area contributed by atoms with E-state index in [0.29, 0.717) is 26.5 Å². The quantitative estimate of drug-likeness (QED) is 0.678. The Morgan fingerprint density at radius 2 is 2.05 bits per heavy atom. The van der Waals surface area contributed by atoms with E-state index in [4.69, 9.17) is 21.1 Å². The number of hydrogen-bond acceptors (Lipinski definition) is 5. The highest BCUT2D eigenvalue weighted by Gasteiger charge is 2.22. The molecule has 0 saturated carbocycles. The van der Waals surface area contributed by atoms with Crippen LogP contribution in [0.15, 0.2) is 31.9 Å².